The third-order valence-corrected chi connectivity index (χ3v) is 6.13. The third-order valence-electron chi connectivity index (χ3n) is 6.13. The lowest BCUT2D eigenvalue weighted by Crippen LogP contribution is -2.28. The summed E-state index contributed by atoms with van der Waals surface area (Å²) >= 11 is 0. The molecule has 1 unspecified atom stereocenters. The van der Waals surface area contributed by atoms with Gasteiger partial charge in [-0.2, -0.15) is 36.0 Å². The van der Waals surface area contributed by atoms with E-state index in [1.165, 1.54) is 36.4 Å². The smallest absolute Gasteiger partial charge is 0.339 e. The molecule has 0 N–H and O–H groups in total. The van der Waals surface area contributed by atoms with Gasteiger partial charge in [-0.05, 0) is 31.0 Å². The maximum absolute atomic E-state index is 13.3. The third kappa shape index (κ3) is 5.43. The summed E-state index contributed by atoms with van der Waals surface area (Å²) in [6, 6.07) is -0.292. The molecule has 200 valence electrons. The van der Waals surface area contributed by atoms with E-state index < -0.39 is 41.0 Å². The zero-order chi connectivity index (χ0) is 28.0. The normalized spacial score (nSPS) is 14.7. The van der Waals surface area contributed by atoms with Crippen LogP contribution in [0.15, 0.2) is 43.0 Å². The number of amides is 2. The highest BCUT2D eigenvalue weighted by atomic mass is 19.4. The monoisotopic (exact) mass is 539 g/mol. The average Bonchev–Trinajstić information content (AvgIpc) is 3.61. The molecule has 4 rings (SSSR count). The van der Waals surface area contributed by atoms with E-state index in [1.807, 2.05) is 0 Å². The first-order valence-corrected chi connectivity index (χ1v) is 11.2. The number of nitrogens with zero attached hydrogens (tertiary/aromatic N) is 6. The molecule has 1 aromatic carbocycles. The number of carbonyl (C=O) groups is 2. The molecule has 1 fully saturated rings. The van der Waals surface area contributed by atoms with Crippen molar-refractivity contribution in [3.8, 4) is 5.82 Å². The van der Waals surface area contributed by atoms with Crippen molar-refractivity contribution in [3.05, 3.63) is 70.9 Å². The zero-order valence-electron chi connectivity index (χ0n) is 20.1. The number of hydrogen-bond acceptors (Lipinski definition) is 5. The number of alkyl halides is 6. The fourth-order valence-electron chi connectivity index (χ4n) is 3.76. The van der Waals surface area contributed by atoms with Crippen LogP contribution in [-0.2, 0) is 12.4 Å². The highest BCUT2D eigenvalue weighted by Crippen LogP contribution is 2.37. The van der Waals surface area contributed by atoms with E-state index in [4.69, 9.17) is 0 Å². The molecule has 0 radical (unpaired) electrons. The van der Waals surface area contributed by atoms with Crippen LogP contribution in [-0.4, -0.2) is 60.8 Å². The highest BCUT2D eigenvalue weighted by Gasteiger charge is 2.39. The molecular weight excluding hydrogens is 518 g/mol. The minimum Gasteiger partial charge on any atom is -0.339 e. The Bertz CT molecular complexity index is 1380. The molecule has 8 nitrogen and oxygen atoms in total. The largest absolute Gasteiger partial charge is 0.419 e. The van der Waals surface area contributed by atoms with E-state index in [0.717, 1.165) is 12.8 Å². The number of halogens is 6. The number of hydrogen-bond donors (Lipinski definition) is 0. The second-order valence-electron chi connectivity index (χ2n) is 8.83. The zero-order valence-corrected chi connectivity index (χ0v) is 20.1. The predicted molar refractivity (Wildman–Crippen MR) is 121 cm³/mol. The summed E-state index contributed by atoms with van der Waals surface area (Å²) in [4.78, 5) is 35.6. The van der Waals surface area contributed by atoms with Crippen LogP contribution in [0, 0.1) is 0 Å². The minimum absolute atomic E-state index is 0.0638. The number of carbonyl (C=O) groups excluding carboxylic acids is 2. The van der Waals surface area contributed by atoms with E-state index in [-0.39, 0.29) is 35.1 Å². The molecule has 1 aliphatic rings. The number of benzene rings is 1. The molecule has 1 atom stereocenters. The Balaban J connectivity index is 1.65. The Kier molecular flexibility index (Phi) is 6.84. The Labute approximate surface area is 212 Å². The van der Waals surface area contributed by atoms with Crippen molar-refractivity contribution in [2.45, 2.75) is 44.2 Å². The lowest BCUT2D eigenvalue weighted by molar-refractivity contribution is -0.466. The molecule has 38 heavy (non-hydrogen) atoms. The van der Waals surface area contributed by atoms with Crippen LogP contribution in [0.2, 0.25) is 0 Å². The first kappa shape index (κ1) is 26.9. The van der Waals surface area contributed by atoms with Gasteiger partial charge in [0.1, 0.15) is 6.72 Å². The van der Waals surface area contributed by atoms with E-state index in [2.05, 4.69) is 21.8 Å². The fraction of sp³-hybridized carbons (Fsp3) is 0.333. The Hall–Kier alpha value is -4.10. The van der Waals surface area contributed by atoms with Crippen molar-refractivity contribution >= 4 is 18.5 Å². The van der Waals surface area contributed by atoms with Crippen molar-refractivity contribution in [3.63, 3.8) is 0 Å². The van der Waals surface area contributed by atoms with Gasteiger partial charge >= 0.3 is 18.3 Å². The number of rotatable bonds is 6. The molecule has 0 aliphatic heterocycles. The minimum atomic E-state index is -5.12. The van der Waals surface area contributed by atoms with Crippen molar-refractivity contribution in [2.24, 2.45) is 0 Å². The van der Waals surface area contributed by atoms with Gasteiger partial charge in [-0.3, -0.25) is 4.79 Å². The second-order valence-corrected chi connectivity index (χ2v) is 8.83. The van der Waals surface area contributed by atoms with Gasteiger partial charge in [0, 0.05) is 38.6 Å². The quantitative estimate of drug-likeness (QED) is 0.261. The van der Waals surface area contributed by atoms with Crippen LogP contribution < -0.4 is 0 Å². The second kappa shape index (κ2) is 9.65. The fourth-order valence-corrected chi connectivity index (χ4v) is 3.76. The van der Waals surface area contributed by atoms with Crippen LogP contribution in [0.4, 0.5) is 26.3 Å². The van der Waals surface area contributed by atoms with Crippen molar-refractivity contribution in [1.82, 2.24) is 24.6 Å². The molecule has 0 saturated heterocycles. The van der Waals surface area contributed by atoms with Crippen molar-refractivity contribution in [1.29, 1.82) is 0 Å². The summed E-state index contributed by atoms with van der Waals surface area (Å²) in [7, 11) is 1.68. The van der Waals surface area contributed by atoms with Gasteiger partial charge in [-0.15, -0.1) is 0 Å². The van der Waals surface area contributed by atoms with E-state index in [0.29, 0.717) is 16.7 Å². The van der Waals surface area contributed by atoms with Crippen LogP contribution in [0.25, 0.3) is 5.82 Å². The van der Waals surface area contributed by atoms with Crippen LogP contribution in [0.3, 0.4) is 0 Å². The summed E-state index contributed by atoms with van der Waals surface area (Å²) in [5.74, 6) is -1.36. The van der Waals surface area contributed by atoms with Gasteiger partial charge < -0.3 is 4.90 Å². The van der Waals surface area contributed by atoms with Gasteiger partial charge in [-0.1, -0.05) is 0 Å². The first-order chi connectivity index (χ1) is 17.7. The van der Waals surface area contributed by atoms with Crippen molar-refractivity contribution in [2.75, 3.05) is 7.05 Å². The molecule has 2 amide bonds. The van der Waals surface area contributed by atoms with Crippen LogP contribution in [0.1, 0.15) is 63.3 Å². The maximum Gasteiger partial charge on any atom is 0.419 e. The van der Waals surface area contributed by atoms with Crippen LogP contribution >= 0.6 is 0 Å². The Morgan fingerprint density at radius 1 is 1.03 bits per heavy atom. The molecule has 0 spiro atoms. The van der Waals surface area contributed by atoms with E-state index >= 15 is 0 Å². The molecule has 2 aromatic heterocycles. The molecule has 14 heteroatoms. The summed E-state index contributed by atoms with van der Waals surface area (Å²) in [6.07, 6.45) is -3.06. The molecule has 1 aliphatic carbocycles. The highest BCUT2D eigenvalue weighted by molar-refractivity contribution is 5.94. The number of aromatic nitrogens is 4. The van der Waals surface area contributed by atoms with Gasteiger partial charge in [0.2, 0.25) is 6.04 Å². The standard InChI is InChI=1S/C24H21F6N6O2/c1-13(34(2)21(37)14-8-16(23(25,26)27)10-17(9-14)24(28,29)30)19-20(32-7-6-31-19)36-12-15(11-33-36)22(38)35(3)18-4-5-18/h6-13,18H,2,4-5H2,1,3H3/q+1. The lowest BCUT2D eigenvalue weighted by atomic mass is 10.0. The van der Waals surface area contributed by atoms with Gasteiger partial charge in [0.15, 0.2) is 11.5 Å². The van der Waals surface area contributed by atoms with Gasteiger partial charge in [0.05, 0.1) is 28.5 Å². The predicted octanol–water partition coefficient (Wildman–Crippen LogP) is 4.55. The van der Waals surface area contributed by atoms with Gasteiger partial charge in [-0.25, -0.2) is 19.4 Å². The summed E-state index contributed by atoms with van der Waals surface area (Å²) < 4.78 is 81.5. The Morgan fingerprint density at radius 3 is 2.16 bits per heavy atom. The molecule has 0 bridgehead atoms. The molecule has 2 heterocycles. The maximum atomic E-state index is 13.3. The lowest BCUT2D eigenvalue weighted by Gasteiger charge is -2.15. The van der Waals surface area contributed by atoms with Crippen LogP contribution in [0.5, 0.6) is 0 Å². The summed E-state index contributed by atoms with van der Waals surface area (Å²) in [6.45, 7) is 4.98. The van der Waals surface area contributed by atoms with E-state index in [1.54, 1.807) is 11.9 Å². The van der Waals surface area contributed by atoms with Crippen molar-refractivity contribution < 1.29 is 40.5 Å². The summed E-state index contributed by atoms with van der Waals surface area (Å²) in [5.41, 5.74) is -3.73. The Morgan fingerprint density at radius 2 is 1.61 bits per heavy atom. The SMILES string of the molecule is C=[N+](C(=O)c1cc(C(F)(F)F)cc(C(F)(F)F)c1)C(C)c1nccnc1-n1cc(C(=O)N(C)C2CC2)cn1. The molecule has 1 saturated carbocycles. The first-order valence-electron chi connectivity index (χ1n) is 11.2. The molecule has 3 aromatic rings. The van der Waals surface area contributed by atoms with E-state index in [9.17, 15) is 35.9 Å². The van der Waals surface area contributed by atoms with Gasteiger partial charge in [0.25, 0.3) is 5.91 Å². The topological polar surface area (TPSA) is 84.0 Å². The summed E-state index contributed by atoms with van der Waals surface area (Å²) in [5, 5.41) is 4.15. The average molecular weight is 539 g/mol. The molecular formula is C24H21F6N6O2+.